The Labute approximate surface area is 83.4 Å². The van der Waals surface area contributed by atoms with Crippen molar-refractivity contribution < 1.29 is 0 Å². The van der Waals surface area contributed by atoms with E-state index in [0.717, 1.165) is 5.92 Å². The van der Waals surface area contributed by atoms with Crippen LogP contribution in [0.2, 0.25) is 0 Å². The van der Waals surface area contributed by atoms with E-state index in [0.29, 0.717) is 0 Å². The fourth-order valence-corrected chi connectivity index (χ4v) is 2.13. The first-order valence-electron chi connectivity index (χ1n) is 6.10. The van der Waals surface area contributed by atoms with Gasteiger partial charge in [-0.1, -0.05) is 51.2 Å². The quantitative estimate of drug-likeness (QED) is 0.425. The molecular formula is C13H24. The van der Waals surface area contributed by atoms with E-state index in [1.807, 2.05) is 0 Å². The van der Waals surface area contributed by atoms with E-state index in [-0.39, 0.29) is 0 Å². The molecule has 0 unspecified atom stereocenters. The van der Waals surface area contributed by atoms with Crippen LogP contribution in [0.25, 0.3) is 0 Å². The van der Waals surface area contributed by atoms with Gasteiger partial charge in [-0.25, -0.2) is 0 Å². The maximum absolute atomic E-state index is 2.48. The fourth-order valence-electron chi connectivity index (χ4n) is 2.13. The molecule has 0 aliphatic heterocycles. The van der Waals surface area contributed by atoms with E-state index in [4.69, 9.17) is 0 Å². The summed E-state index contributed by atoms with van der Waals surface area (Å²) in [7, 11) is 0. The zero-order valence-corrected chi connectivity index (χ0v) is 9.10. The van der Waals surface area contributed by atoms with E-state index in [1.165, 1.54) is 57.8 Å². The first-order chi connectivity index (χ1) is 6.43. The lowest BCUT2D eigenvalue weighted by molar-refractivity contribution is 0.418. The third kappa shape index (κ3) is 5.13. The molecule has 76 valence electrons. The van der Waals surface area contributed by atoms with Gasteiger partial charge in [0.25, 0.3) is 0 Å². The molecule has 1 fully saturated rings. The lowest BCUT2D eigenvalue weighted by Gasteiger charge is -2.17. The van der Waals surface area contributed by atoms with Crippen LogP contribution in [0.15, 0.2) is 12.2 Å². The summed E-state index contributed by atoms with van der Waals surface area (Å²) < 4.78 is 0. The van der Waals surface area contributed by atoms with E-state index in [1.54, 1.807) is 0 Å². The molecule has 1 aliphatic carbocycles. The van der Waals surface area contributed by atoms with Crippen molar-refractivity contribution in [3.8, 4) is 0 Å². The van der Waals surface area contributed by atoms with Crippen molar-refractivity contribution in [2.75, 3.05) is 0 Å². The maximum Gasteiger partial charge on any atom is -0.0234 e. The average molecular weight is 180 g/mol. The van der Waals surface area contributed by atoms with Crippen LogP contribution in [0.1, 0.15) is 64.7 Å². The predicted octanol–water partition coefficient (Wildman–Crippen LogP) is 4.70. The minimum Gasteiger partial charge on any atom is -0.0883 e. The van der Waals surface area contributed by atoms with Crippen LogP contribution >= 0.6 is 0 Å². The van der Waals surface area contributed by atoms with E-state index in [2.05, 4.69) is 19.1 Å². The number of unbranched alkanes of at least 4 members (excludes halogenated alkanes) is 3. The summed E-state index contributed by atoms with van der Waals surface area (Å²) in [6.07, 6.45) is 17.6. The summed E-state index contributed by atoms with van der Waals surface area (Å²) in [5.74, 6) is 0.926. The molecule has 0 spiro atoms. The highest BCUT2D eigenvalue weighted by Crippen LogP contribution is 2.24. The molecule has 0 aromatic rings. The Morgan fingerprint density at radius 2 is 1.85 bits per heavy atom. The van der Waals surface area contributed by atoms with Crippen LogP contribution in [0, 0.1) is 5.92 Å². The van der Waals surface area contributed by atoms with Crippen molar-refractivity contribution in [1.29, 1.82) is 0 Å². The molecule has 1 rings (SSSR count). The van der Waals surface area contributed by atoms with Gasteiger partial charge in [0.05, 0.1) is 0 Å². The molecule has 0 nitrogen and oxygen atoms in total. The van der Waals surface area contributed by atoms with Crippen LogP contribution in [0.5, 0.6) is 0 Å². The molecule has 0 aromatic carbocycles. The van der Waals surface area contributed by atoms with Gasteiger partial charge < -0.3 is 0 Å². The summed E-state index contributed by atoms with van der Waals surface area (Å²) in [4.78, 5) is 0. The summed E-state index contributed by atoms with van der Waals surface area (Å²) in [5.41, 5.74) is 0. The van der Waals surface area contributed by atoms with Gasteiger partial charge >= 0.3 is 0 Å². The van der Waals surface area contributed by atoms with Gasteiger partial charge in [-0.3, -0.25) is 0 Å². The standard InChI is InChI=1S/C13H24/c1-2-3-4-5-7-10-13-11-8-6-9-12-13/h7,10,13H,2-6,8-9,11-12H2,1H3/b10-7+. The Morgan fingerprint density at radius 1 is 1.08 bits per heavy atom. The van der Waals surface area contributed by atoms with Gasteiger partial charge in [-0.05, 0) is 31.6 Å². The Morgan fingerprint density at radius 3 is 2.54 bits per heavy atom. The molecule has 1 aliphatic rings. The van der Waals surface area contributed by atoms with Gasteiger partial charge in [0.2, 0.25) is 0 Å². The summed E-state index contributed by atoms with van der Waals surface area (Å²) in [6.45, 7) is 2.27. The second kappa shape index (κ2) is 7.17. The molecule has 0 radical (unpaired) electrons. The van der Waals surface area contributed by atoms with Crippen molar-refractivity contribution in [3.63, 3.8) is 0 Å². The Hall–Kier alpha value is -0.260. The van der Waals surface area contributed by atoms with Crippen molar-refractivity contribution in [2.45, 2.75) is 64.7 Å². The highest BCUT2D eigenvalue weighted by Gasteiger charge is 2.08. The predicted molar refractivity (Wildman–Crippen MR) is 59.9 cm³/mol. The van der Waals surface area contributed by atoms with Gasteiger partial charge in [0.1, 0.15) is 0 Å². The molecule has 13 heavy (non-hydrogen) atoms. The molecule has 0 saturated heterocycles. The lowest BCUT2D eigenvalue weighted by Crippen LogP contribution is -2.02. The molecule has 0 aromatic heterocycles. The van der Waals surface area contributed by atoms with Crippen molar-refractivity contribution in [2.24, 2.45) is 5.92 Å². The third-order valence-electron chi connectivity index (χ3n) is 3.03. The minimum absolute atomic E-state index is 0.926. The normalized spacial score (nSPS) is 19.8. The van der Waals surface area contributed by atoms with Gasteiger partial charge in [-0.2, -0.15) is 0 Å². The number of hydrogen-bond donors (Lipinski definition) is 0. The average Bonchev–Trinajstić information content (AvgIpc) is 2.19. The number of hydrogen-bond acceptors (Lipinski definition) is 0. The summed E-state index contributed by atoms with van der Waals surface area (Å²) in [6, 6.07) is 0. The zero-order valence-electron chi connectivity index (χ0n) is 9.10. The van der Waals surface area contributed by atoms with Crippen LogP contribution in [-0.2, 0) is 0 Å². The third-order valence-corrected chi connectivity index (χ3v) is 3.03. The highest BCUT2D eigenvalue weighted by atomic mass is 14.1. The van der Waals surface area contributed by atoms with Gasteiger partial charge in [-0.15, -0.1) is 0 Å². The summed E-state index contributed by atoms with van der Waals surface area (Å²) >= 11 is 0. The Kier molecular flexibility index (Phi) is 5.97. The maximum atomic E-state index is 2.48. The van der Waals surface area contributed by atoms with Crippen LogP contribution < -0.4 is 0 Å². The number of rotatable bonds is 5. The molecular weight excluding hydrogens is 156 g/mol. The molecule has 0 atom stereocenters. The highest BCUT2D eigenvalue weighted by molar-refractivity contribution is 4.89. The molecule has 0 N–H and O–H groups in total. The first kappa shape index (κ1) is 10.8. The topological polar surface area (TPSA) is 0 Å². The fraction of sp³-hybridized carbons (Fsp3) is 0.846. The van der Waals surface area contributed by atoms with Crippen molar-refractivity contribution in [3.05, 3.63) is 12.2 Å². The second-order valence-electron chi connectivity index (χ2n) is 4.32. The molecule has 0 heteroatoms. The van der Waals surface area contributed by atoms with Crippen molar-refractivity contribution >= 4 is 0 Å². The van der Waals surface area contributed by atoms with Crippen LogP contribution in [0.3, 0.4) is 0 Å². The van der Waals surface area contributed by atoms with Crippen LogP contribution in [0.4, 0.5) is 0 Å². The molecule has 0 heterocycles. The largest absolute Gasteiger partial charge is 0.0883 e. The smallest absolute Gasteiger partial charge is 0.0234 e. The zero-order chi connectivity index (χ0) is 9.36. The van der Waals surface area contributed by atoms with Gasteiger partial charge in [0.15, 0.2) is 0 Å². The molecule has 0 bridgehead atoms. The van der Waals surface area contributed by atoms with E-state index >= 15 is 0 Å². The van der Waals surface area contributed by atoms with E-state index in [9.17, 15) is 0 Å². The lowest BCUT2D eigenvalue weighted by atomic mass is 9.89. The molecule has 1 saturated carbocycles. The van der Waals surface area contributed by atoms with E-state index < -0.39 is 0 Å². The number of allylic oxidation sites excluding steroid dienone is 2. The molecule has 0 amide bonds. The Bertz CT molecular complexity index is 129. The second-order valence-corrected chi connectivity index (χ2v) is 4.32. The Balaban J connectivity index is 2.01. The minimum atomic E-state index is 0.926. The summed E-state index contributed by atoms with van der Waals surface area (Å²) in [5, 5.41) is 0. The van der Waals surface area contributed by atoms with Crippen LogP contribution in [-0.4, -0.2) is 0 Å². The van der Waals surface area contributed by atoms with Gasteiger partial charge in [0, 0.05) is 0 Å². The monoisotopic (exact) mass is 180 g/mol. The SMILES string of the molecule is CCCCC/C=C/C1CCCCC1. The first-order valence-corrected chi connectivity index (χ1v) is 6.10. The van der Waals surface area contributed by atoms with Crippen molar-refractivity contribution in [1.82, 2.24) is 0 Å².